The van der Waals surface area contributed by atoms with Crippen LogP contribution in [0.2, 0.25) is 0 Å². The van der Waals surface area contributed by atoms with Gasteiger partial charge in [0, 0.05) is 30.0 Å². The summed E-state index contributed by atoms with van der Waals surface area (Å²) >= 11 is 0. The Balaban J connectivity index is 1.63. The lowest BCUT2D eigenvalue weighted by Crippen LogP contribution is -2.48. The van der Waals surface area contributed by atoms with Gasteiger partial charge >= 0.3 is 0 Å². The van der Waals surface area contributed by atoms with Gasteiger partial charge in [-0.1, -0.05) is 73.9 Å². The third kappa shape index (κ3) is 3.50. The van der Waals surface area contributed by atoms with Crippen LogP contribution in [0.1, 0.15) is 59.5 Å². The highest BCUT2D eigenvalue weighted by Gasteiger charge is 2.40. The molecule has 1 heterocycles. The average molecular weight is 425 g/mol. The monoisotopic (exact) mass is 424 g/mol. The molecule has 162 valence electrons. The van der Waals surface area contributed by atoms with E-state index in [1.807, 2.05) is 73.8 Å². The molecule has 1 saturated carbocycles. The van der Waals surface area contributed by atoms with Gasteiger partial charge in [-0.2, -0.15) is 0 Å². The zero-order valence-electron chi connectivity index (χ0n) is 18.4. The lowest BCUT2D eigenvalue weighted by Gasteiger charge is -2.39. The highest BCUT2D eigenvalue weighted by Crippen LogP contribution is 2.45. The smallest absolute Gasteiger partial charge is 0.260 e. The number of anilines is 2. The number of hydrogen-bond donors (Lipinski definition) is 0. The summed E-state index contributed by atoms with van der Waals surface area (Å²) in [4.78, 5) is 31.8. The van der Waals surface area contributed by atoms with Gasteiger partial charge in [-0.3, -0.25) is 14.5 Å². The number of para-hydroxylation sites is 2. The molecule has 1 aliphatic carbocycles. The van der Waals surface area contributed by atoms with Crippen molar-refractivity contribution in [3.05, 3.63) is 95.6 Å². The number of fused-ring (bicyclic) bond motifs is 2. The number of imide groups is 1. The molecule has 4 heteroatoms. The summed E-state index contributed by atoms with van der Waals surface area (Å²) in [6.07, 6.45) is 5.02. The fraction of sp³-hybridized carbons (Fsp3) is 0.286. The van der Waals surface area contributed by atoms with E-state index in [1.165, 1.54) is 0 Å². The van der Waals surface area contributed by atoms with Crippen LogP contribution in [-0.2, 0) is 4.79 Å². The second kappa shape index (κ2) is 8.62. The molecule has 5 rings (SSSR count). The van der Waals surface area contributed by atoms with E-state index in [-0.39, 0.29) is 17.9 Å². The van der Waals surface area contributed by atoms with E-state index in [1.54, 1.807) is 4.90 Å². The van der Waals surface area contributed by atoms with Gasteiger partial charge in [0.25, 0.3) is 5.91 Å². The summed E-state index contributed by atoms with van der Waals surface area (Å²) in [7, 11) is 2.03. The topological polar surface area (TPSA) is 40.6 Å². The Bertz CT molecular complexity index is 1090. The molecule has 0 radical (unpaired) electrons. The zero-order valence-corrected chi connectivity index (χ0v) is 18.4. The Morgan fingerprint density at radius 1 is 0.750 bits per heavy atom. The zero-order chi connectivity index (χ0) is 22.1. The van der Waals surface area contributed by atoms with Gasteiger partial charge in [0.05, 0.1) is 5.92 Å². The number of benzene rings is 3. The van der Waals surface area contributed by atoms with Crippen molar-refractivity contribution < 1.29 is 9.59 Å². The van der Waals surface area contributed by atoms with E-state index in [2.05, 4.69) is 17.0 Å². The van der Waals surface area contributed by atoms with E-state index in [4.69, 9.17) is 0 Å². The summed E-state index contributed by atoms with van der Waals surface area (Å²) in [5.74, 6) is -0.789. The normalized spacial score (nSPS) is 16.2. The van der Waals surface area contributed by atoms with Crippen LogP contribution >= 0.6 is 0 Å². The van der Waals surface area contributed by atoms with Crippen LogP contribution < -0.4 is 4.90 Å². The van der Waals surface area contributed by atoms with Crippen LogP contribution in [0, 0.1) is 0 Å². The van der Waals surface area contributed by atoms with Gasteiger partial charge in [-0.25, -0.2) is 0 Å². The third-order valence-electron chi connectivity index (χ3n) is 6.88. The first-order valence-corrected chi connectivity index (χ1v) is 11.5. The summed E-state index contributed by atoms with van der Waals surface area (Å²) in [5, 5.41) is 0. The van der Waals surface area contributed by atoms with Gasteiger partial charge in [0.1, 0.15) is 0 Å². The Hall–Kier alpha value is -3.40. The van der Waals surface area contributed by atoms with Crippen LogP contribution in [0.15, 0.2) is 78.9 Å². The SMILES string of the molecule is CN1c2ccccc2C(C(=O)N(C(=O)c2ccccc2)C2CCCCC2)c2ccccc21. The van der Waals surface area contributed by atoms with E-state index >= 15 is 0 Å². The Kier molecular flexibility index (Phi) is 5.52. The van der Waals surface area contributed by atoms with Crippen molar-refractivity contribution in [3.63, 3.8) is 0 Å². The molecule has 0 atom stereocenters. The quantitative estimate of drug-likeness (QED) is 0.492. The molecule has 0 spiro atoms. The predicted octanol–water partition coefficient (Wildman–Crippen LogP) is 5.90. The number of amides is 2. The molecule has 0 N–H and O–H groups in total. The Labute approximate surface area is 189 Å². The number of rotatable bonds is 3. The second-order valence-corrected chi connectivity index (χ2v) is 8.78. The molecule has 0 unspecified atom stereocenters. The molecule has 3 aromatic rings. The number of carbonyl (C=O) groups is 2. The maximum absolute atomic E-state index is 14.3. The Morgan fingerprint density at radius 2 is 1.28 bits per heavy atom. The fourth-order valence-corrected chi connectivity index (χ4v) is 5.28. The van der Waals surface area contributed by atoms with Crippen molar-refractivity contribution >= 4 is 23.2 Å². The maximum atomic E-state index is 14.3. The molecular weight excluding hydrogens is 396 g/mol. The first-order valence-electron chi connectivity index (χ1n) is 11.5. The largest absolute Gasteiger partial charge is 0.344 e. The maximum Gasteiger partial charge on any atom is 0.260 e. The lowest BCUT2D eigenvalue weighted by atomic mass is 9.83. The van der Waals surface area contributed by atoms with E-state index in [0.29, 0.717) is 5.56 Å². The minimum absolute atomic E-state index is 0.0528. The summed E-state index contributed by atoms with van der Waals surface area (Å²) in [6, 6.07) is 25.3. The number of nitrogens with zero attached hydrogens (tertiary/aromatic N) is 2. The molecule has 2 amide bonds. The highest BCUT2D eigenvalue weighted by atomic mass is 16.2. The number of hydrogen-bond acceptors (Lipinski definition) is 3. The molecule has 32 heavy (non-hydrogen) atoms. The molecule has 0 bridgehead atoms. The van der Waals surface area contributed by atoms with Crippen molar-refractivity contribution in [2.45, 2.75) is 44.1 Å². The van der Waals surface area contributed by atoms with Crippen LogP contribution in [-0.4, -0.2) is 29.8 Å². The van der Waals surface area contributed by atoms with Crippen molar-refractivity contribution in [2.24, 2.45) is 0 Å². The van der Waals surface area contributed by atoms with Crippen LogP contribution in [0.4, 0.5) is 11.4 Å². The van der Waals surface area contributed by atoms with Crippen molar-refractivity contribution in [3.8, 4) is 0 Å². The summed E-state index contributed by atoms with van der Waals surface area (Å²) in [5.41, 5.74) is 4.52. The predicted molar refractivity (Wildman–Crippen MR) is 127 cm³/mol. The average Bonchev–Trinajstić information content (AvgIpc) is 2.85. The van der Waals surface area contributed by atoms with E-state index < -0.39 is 5.92 Å². The minimum Gasteiger partial charge on any atom is -0.344 e. The van der Waals surface area contributed by atoms with E-state index in [0.717, 1.165) is 54.6 Å². The standard InChI is InChI=1S/C28H28N2O2/c1-29-24-18-10-8-16-22(24)26(23-17-9-11-19-25(23)29)28(32)30(21-14-6-3-7-15-21)27(31)20-12-4-2-5-13-20/h2,4-5,8-13,16-19,21,26H,3,6-7,14-15H2,1H3. The molecule has 1 fully saturated rings. The van der Waals surface area contributed by atoms with Gasteiger partial charge in [-0.05, 0) is 48.2 Å². The van der Waals surface area contributed by atoms with Crippen molar-refractivity contribution in [1.29, 1.82) is 0 Å². The summed E-state index contributed by atoms with van der Waals surface area (Å²) in [6.45, 7) is 0. The van der Waals surface area contributed by atoms with Gasteiger partial charge in [0.15, 0.2) is 0 Å². The van der Waals surface area contributed by atoms with E-state index in [9.17, 15) is 9.59 Å². The second-order valence-electron chi connectivity index (χ2n) is 8.78. The Morgan fingerprint density at radius 3 is 1.88 bits per heavy atom. The molecular formula is C28H28N2O2. The highest BCUT2D eigenvalue weighted by molar-refractivity contribution is 6.09. The minimum atomic E-state index is -0.492. The van der Waals surface area contributed by atoms with Crippen molar-refractivity contribution in [1.82, 2.24) is 4.90 Å². The first-order chi connectivity index (χ1) is 15.7. The number of carbonyl (C=O) groups excluding carboxylic acids is 2. The van der Waals surface area contributed by atoms with Gasteiger partial charge in [-0.15, -0.1) is 0 Å². The summed E-state index contributed by atoms with van der Waals surface area (Å²) < 4.78 is 0. The molecule has 0 saturated heterocycles. The van der Waals surface area contributed by atoms with Crippen LogP contribution in [0.25, 0.3) is 0 Å². The van der Waals surface area contributed by atoms with Gasteiger partial charge in [0.2, 0.25) is 5.91 Å². The first kappa shape index (κ1) is 20.5. The van der Waals surface area contributed by atoms with Gasteiger partial charge < -0.3 is 4.90 Å². The third-order valence-corrected chi connectivity index (χ3v) is 6.88. The van der Waals surface area contributed by atoms with Crippen LogP contribution in [0.3, 0.4) is 0 Å². The van der Waals surface area contributed by atoms with Crippen LogP contribution in [0.5, 0.6) is 0 Å². The molecule has 0 aromatic heterocycles. The molecule has 3 aromatic carbocycles. The fourth-order valence-electron chi connectivity index (χ4n) is 5.28. The molecule has 1 aliphatic heterocycles. The molecule has 2 aliphatic rings. The van der Waals surface area contributed by atoms with Crippen molar-refractivity contribution in [2.75, 3.05) is 11.9 Å². The molecule has 4 nitrogen and oxygen atoms in total. The lowest BCUT2D eigenvalue weighted by molar-refractivity contribution is -0.131.